The number of nitrogens with two attached hydrogens (primary N) is 1. The molecule has 104 valence electrons. The Hall–Kier alpha value is -0.680. The predicted octanol–water partition coefficient (Wildman–Crippen LogP) is 0.349. The minimum Gasteiger partial charge on any atom is -0.444 e. The lowest BCUT2D eigenvalue weighted by Gasteiger charge is -2.54. The first-order valence-corrected chi connectivity index (χ1v) is 6.46. The highest BCUT2D eigenvalue weighted by molar-refractivity contribution is 6.41. The fraction of sp³-hybridized carbons (Fsp3) is 0.917. The Balaban J connectivity index is 3.05. The molecule has 7 heteroatoms. The second-order valence-electron chi connectivity index (χ2n) is 6.02. The Morgan fingerprint density at radius 1 is 1.42 bits per heavy atom. The normalized spacial score (nSPS) is 31.1. The van der Waals surface area contributed by atoms with E-state index < -0.39 is 29.2 Å². The Bertz CT molecular complexity index is 344. The van der Waals surface area contributed by atoms with Crippen LogP contribution in [0.4, 0.5) is 4.79 Å². The zero-order valence-electron chi connectivity index (χ0n) is 12.3. The third kappa shape index (κ3) is 3.45. The van der Waals surface area contributed by atoms with Crippen molar-refractivity contribution in [1.82, 2.24) is 4.90 Å². The van der Waals surface area contributed by atoms with E-state index in [2.05, 4.69) is 0 Å². The standard InChI is InChI=1S/C12H22B2N2O3/c1-7-9(6-15)16(10(17)19-11(3,4)5)12(13,14)8(2)18-7/h7-9H,6,15H2,1-5H3. The van der Waals surface area contributed by atoms with E-state index in [0.717, 1.165) is 0 Å². The van der Waals surface area contributed by atoms with E-state index >= 15 is 0 Å². The molecular formula is C12H22B2N2O3. The monoisotopic (exact) mass is 264 g/mol. The van der Waals surface area contributed by atoms with Gasteiger partial charge in [-0.2, -0.15) is 0 Å². The highest BCUT2D eigenvalue weighted by Crippen LogP contribution is 2.29. The molecule has 1 aliphatic heterocycles. The maximum absolute atomic E-state index is 12.3. The van der Waals surface area contributed by atoms with E-state index in [1.807, 2.05) is 6.92 Å². The highest BCUT2D eigenvalue weighted by atomic mass is 16.6. The molecule has 0 aromatic carbocycles. The molecule has 1 aliphatic rings. The van der Waals surface area contributed by atoms with Gasteiger partial charge in [-0.1, -0.05) is 0 Å². The van der Waals surface area contributed by atoms with Crippen molar-refractivity contribution in [2.24, 2.45) is 5.73 Å². The van der Waals surface area contributed by atoms with Crippen LogP contribution in [0.15, 0.2) is 0 Å². The zero-order valence-corrected chi connectivity index (χ0v) is 12.3. The summed E-state index contributed by atoms with van der Waals surface area (Å²) in [6.45, 7) is 9.10. The highest BCUT2D eigenvalue weighted by Gasteiger charge is 2.47. The number of hydrogen-bond acceptors (Lipinski definition) is 4. The van der Waals surface area contributed by atoms with E-state index in [0.29, 0.717) is 0 Å². The van der Waals surface area contributed by atoms with Crippen molar-refractivity contribution >= 4 is 21.8 Å². The number of hydrogen-bond donors (Lipinski definition) is 1. The van der Waals surface area contributed by atoms with Crippen LogP contribution in [0.5, 0.6) is 0 Å². The molecule has 1 heterocycles. The zero-order chi connectivity index (χ0) is 15.0. The molecule has 1 rings (SSSR count). The lowest BCUT2D eigenvalue weighted by molar-refractivity contribution is -0.125. The fourth-order valence-electron chi connectivity index (χ4n) is 2.12. The molecule has 0 aromatic heterocycles. The second-order valence-corrected chi connectivity index (χ2v) is 6.02. The van der Waals surface area contributed by atoms with E-state index in [1.54, 1.807) is 27.7 Å². The summed E-state index contributed by atoms with van der Waals surface area (Å²) in [7, 11) is 12.1. The first-order chi connectivity index (χ1) is 8.50. The molecule has 5 nitrogen and oxygen atoms in total. The lowest BCUT2D eigenvalue weighted by atomic mass is 9.56. The summed E-state index contributed by atoms with van der Waals surface area (Å²) in [6.07, 6.45) is -1.35. The van der Waals surface area contributed by atoms with Crippen molar-refractivity contribution in [3.8, 4) is 0 Å². The van der Waals surface area contributed by atoms with Gasteiger partial charge < -0.3 is 20.1 Å². The summed E-state index contributed by atoms with van der Waals surface area (Å²) in [6, 6.07) is -0.416. The van der Waals surface area contributed by atoms with Gasteiger partial charge in [0.15, 0.2) is 0 Å². The largest absolute Gasteiger partial charge is 0.444 e. The van der Waals surface area contributed by atoms with E-state index in [-0.39, 0.29) is 12.6 Å². The summed E-state index contributed by atoms with van der Waals surface area (Å²) in [5.41, 5.74) is 5.08. The van der Waals surface area contributed by atoms with Crippen LogP contribution in [0, 0.1) is 0 Å². The van der Waals surface area contributed by atoms with Crippen molar-refractivity contribution in [1.29, 1.82) is 0 Å². The average Bonchev–Trinajstić information content (AvgIpc) is 2.20. The van der Waals surface area contributed by atoms with Crippen molar-refractivity contribution in [3.63, 3.8) is 0 Å². The molecule has 0 bridgehead atoms. The smallest absolute Gasteiger partial charge is 0.409 e. The topological polar surface area (TPSA) is 64.8 Å². The lowest BCUT2D eigenvalue weighted by Crippen LogP contribution is -2.71. The molecule has 3 atom stereocenters. The first-order valence-electron chi connectivity index (χ1n) is 6.46. The fourth-order valence-corrected chi connectivity index (χ4v) is 2.12. The van der Waals surface area contributed by atoms with E-state index in [1.165, 1.54) is 4.90 Å². The number of morpholine rings is 1. The van der Waals surface area contributed by atoms with Crippen molar-refractivity contribution in [2.45, 2.75) is 63.8 Å². The van der Waals surface area contributed by atoms with Crippen LogP contribution in [0.3, 0.4) is 0 Å². The SMILES string of the molecule is [B]C1([B])C(C)OC(C)C(CN)N1C(=O)OC(C)(C)C. The third-order valence-corrected chi connectivity index (χ3v) is 3.19. The van der Waals surface area contributed by atoms with E-state index in [4.69, 9.17) is 30.9 Å². The van der Waals surface area contributed by atoms with Gasteiger partial charge >= 0.3 is 6.09 Å². The minimum absolute atomic E-state index is 0.198. The molecular weight excluding hydrogens is 242 g/mol. The quantitative estimate of drug-likeness (QED) is 0.694. The maximum atomic E-state index is 12.3. The van der Waals surface area contributed by atoms with Crippen LogP contribution in [-0.4, -0.2) is 62.4 Å². The van der Waals surface area contributed by atoms with Crippen molar-refractivity contribution < 1.29 is 14.3 Å². The maximum Gasteiger partial charge on any atom is 0.409 e. The van der Waals surface area contributed by atoms with Gasteiger partial charge in [-0.25, -0.2) is 4.79 Å². The Labute approximate surface area is 118 Å². The van der Waals surface area contributed by atoms with Gasteiger partial charge in [0.05, 0.1) is 33.9 Å². The molecule has 0 spiro atoms. The van der Waals surface area contributed by atoms with Gasteiger partial charge in [-0.05, 0) is 40.0 Å². The van der Waals surface area contributed by atoms with Gasteiger partial charge in [0.2, 0.25) is 0 Å². The number of carbonyl (C=O) groups excluding carboxylic acids is 1. The Kier molecular flexibility index (Phi) is 4.62. The molecule has 1 saturated heterocycles. The first kappa shape index (κ1) is 16.4. The predicted molar refractivity (Wildman–Crippen MR) is 75.2 cm³/mol. The van der Waals surface area contributed by atoms with E-state index in [9.17, 15) is 4.79 Å². The summed E-state index contributed by atoms with van der Waals surface area (Å²) in [5, 5.41) is -1.45. The van der Waals surface area contributed by atoms with Crippen LogP contribution < -0.4 is 5.73 Å². The van der Waals surface area contributed by atoms with Gasteiger partial charge in [0.25, 0.3) is 0 Å². The molecule has 4 radical (unpaired) electrons. The summed E-state index contributed by atoms with van der Waals surface area (Å²) < 4.78 is 11.0. The molecule has 2 N–H and O–H groups in total. The number of amides is 1. The second kappa shape index (κ2) is 5.37. The number of carbonyl (C=O) groups is 1. The third-order valence-electron chi connectivity index (χ3n) is 3.19. The summed E-state index contributed by atoms with van der Waals surface area (Å²) >= 11 is 0. The van der Waals surface area contributed by atoms with Gasteiger partial charge in [-0.3, -0.25) is 0 Å². The molecule has 3 unspecified atom stereocenters. The van der Waals surface area contributed by atoms with Crippen LogP contribution in [0.2, 0.25) is 0 Å². The van der Waals surface area contributed by atoms with Crippen molar-refractivity contribution in [3.05, 3.63) is 0 Å². The molecule has 0 aliphatic carbocycles. The Morgan fingerprint density at radius 3 is 2.37 bits per heavy atom. The van der Waals surface area contributed by atoms with Crippen LogP contribution in [0.25, 0.3) is 0 Å². The molecule has 0 aromatic rings. The number of nitrogens with zero attached hydrogens (tertiary/aromatic N) is 1. The molecule has 1 fully saturated rings. The number of rotatable bonds is 1. The Morgan fingerprint density at radius 2 is 1.95 bits per heavy atom. The summed E-state index contributed by atoms with van der Waals surface area (Å²) in [4.78, 5) is 13.6. The van der Waals surface area contributed by atoms with Gasteiger partial charge in [-0.15, -0.1) is 0 Å². The van der Waals surface area contributed by atoms with Crippen LogP contribution >= 0.6 is 0 Å². The van der Waals surface area contributed by atoms with Gasteiger partial charge in [0.1, 0.15) is 5.60 Å². The minimum atomic E-state index is -1.45. The molecule has 19 heavy (non-hydrogen) atoms. The van der Waals surface area contributed by atoms with Crippen molar-refractivity contribution in [2.75, 3.05) is 6.54 Å². The van der Waals surface area contributed by atoms with Crippen LogP contribution in [0.1, 0.15) is 34.6 Å². The average molecular weight is 264 g/mol. The van der Waals surface area contributed by atoms with Crippen LogP contribution in [-0.2, 0) is 9.47 Å². The number of ether oxygens (including phenoxy) is 2. The molecule has 0 saturated carbocycles. The summed E-state index contributed by atoms with van der Waals surface area (Å²) in [5.74, 6) is 0. The molecule has 1 amide bonds. The van der Waals surface area contributed by atoms with Gasteiger partial charge in [0, 0.05) is 6.54 Å².